The van der Waals surface area contributed by atoms with Crippen LogP contribution in [0.3, 0.4) is 0 Å². The second kappa shape index (κ2) is 5.37. The Bertz CT molecular complexity index is 412. The highest BCUT2D eigenvalue weighted by Gasteiger charge is 2.18. The van der Waals surface area contributed by atoms with E-state index in [1.54, 1.807) is 0 Å². The van der Waals surface area contributed by atoms with Crippen molar-refractivity contribution in [1.82, 2.24) is 15.1 Å². The first kappa shape index (κ1) is 13.8. The third-order valence-electron chi connectivity index (χ3n) is 3.24. The molecule has 0 aliphatic heterocycles. The smallest absolute Gasteiger partial charge is 0.0769 e. The monoisotopic (exact) mass is 233 g/mol. The zero-order chi connectivity index (χ0) is 13.1. The molecule has 0 saturated carbocycles. The number of aryl methyl sites for hydroxylation is 1. The number of aromatic nitrogens is 2. The Morgan fingerprint density at radius 2 is 2.24 bits per heavy atom. The summed E-state index contributed by atoms with van der Waals surface area (Å²) in [7, 11) is 0. The van der Waals surface area contributed by atoms with E-state index in [1.165, 1.54) is 5.56 Å². The standard InChI is InChI=1S/C14H23N3/c1-7-14(6,8-2)15-9-13-10-17(11(3)4)16-12(13)5/h1,10-11,15H,8-9H2,2-6H3. The van der Waals surface area contributed by atoms with Gasteiger partial charge in [-0.2, -0.15) is 5.10 Å². The molecule has 0 aliphatic carbocycles. The molecular weight excluding hydrogens is 210 g/mol. The van der Waals surface area contributed by atoms with Crippen molar-refractivity contribution in [3.63, 3.8) is 0 Å². The van der Waals surface area contributed by atoms with Crippen molar-refractivity contribution in [3.8, 4) is 12.3 Å². The van der Waals surface area contributed by atoms with E-state index in [1.807, 2.05) is 11.6 Å². The molecule has 0 radical (unpaired) electrons. The van der Waals surface area contributed by atoms with E-state index < -0.39 is 0 Å². The normalized spacial score (nSPS) is 14.6. The molecular formula is C14H23N3. The van der Waals surface area contributed by atoms with E-state index in [0.29, 0.717) is 6.04 Å². The first-order valence-corrected chi connectivity index (χ1v) is 6.19. The van der Waals surface area contributed by atoms with Crippen molar-refractivity contribution in [1.29, 1.82) is 0 Å². The van der Waals surface area contributed by atoms with E-state index in [4.69, 9.17) is 6.42 Å². The summed E-state index contributed by atoms with van der Waals surface area (Å²) in [5, 5.41) is 7.90. The lowest BCUT2D eigenvalue weighted by molar-refractivity contribution is 0.437. The minimum absolute atomic E-state index is 0.230. The summed E-state index contributed by atoms with van der Waals surface area (Å²) >= 11 is 0. The van der Waals surface area contributed by atoms with Crippen LogP contribution in [-0.2, 0) is 6.54 Å². The van der Waals surface area contributed by atoms with Crippen LogP contribution in [0.15, 0.2) is 6.20 Å². The predicted molar refractivity (Wildman–Crippen MR) is 71.7 cm³/mol. The minimum atomic E-state index is -0.230. The maximum absolute atomic E-state index is 5.54. The molecule has 1 aromatic heterocycles. The van der Waals surface area contributed by atoms with Crippen LogP contribution in [0.25, 0.3) is 0 Å². The number of rotatable bonds is 5. The zero-order valence-electron chi connectivity index (χ0n) is 11.5. The Hall–Kier alpha value is -1.27. The van der Waals surface area contributed by atoms with E-state index >= 15 is 0 Å². The Labute approximate surface area is 105 Å². The van der Waals surface area contributed by atoms with E-state index in [-0.39, 0.29) is 5.54 Å². The van der Waals surface area contributed by atoms with E-state index in [0.717, 1.165) is 18.7 Å². The highest BCUT2D eigenvalue weighted by Crippen LogP contribution is 2.13. The lowest BCUT2D eigenvalue weighted by atomic mass is 10.00. The molecule has 3 nitrogen and oxygen atoms in total. The van der Waals surface area contributed by atoms with Crippen molar-refractivity contribution in [3.05, 3.63) is 17.5 Å². The molecule has 0 spiro atoms. The molecule has 94 valence electrons. The average Bonchev–Trinajstić information content (AvgIpc) is 2.68. The molecule has 3 heteroatoms. The number of nitrogens with one attached hydrogen (secondary N) is 1. The van der Waals surface area contributed by atoms with Gasteiger partial charge in [0.1, 0.15) is 0 Å². The van der Waals surface area contributed by atoms with E-state index in [9.17, 15) is 0 Å². The minimum Gasteiger partial charge on any atom is -0.297 e. The van der Waals surface area contributed by atoms with Gasteiger partial charge < -0.3 is 0 Å². The van der Waals surface area contributed by atoms with Crippen LogP contribution in [0, 0.1) is 19.3 Å². The molecule has 1 atom stereocenters. The maximum Gasteiger partial charge on any atom is 0.0769 e. The van der Waals surface area contributed by atoms with Crippen LogP contribution < -0.4 is 5.32 Å². The summed E-state index contributed by atoms with van der Waals surface area (Å²) < 4.78 is 1.99. The van der Waals surface area contributed by atoms with Gasteiger partial charge in [0.25, 0.3) is 0 Å². The summed E-state index contributed by atoms with van der Waals surface area (Å²) in [6, 6.07) is 0.396. The Balaban J connectivity index is 2.73. The third kappa shape index (κ3) is 3.34. The predicted octanol–water partition coefficient (Wildman–Crippen LogP) is 2.66. The Morgan fingerprint density at radius 1 is 1.59 bits per heavy atom. The van der Waals surface area contributed by atoms with Crippen LogP contribution in [0.5, 0.6) is 0 Å². The lowest BCUT2D eigenvalue weighted by Crippen LogP contribution is -2.39. The average molecular weight is 233 g/mol. The summed E-state index contributed by atoms with van der Waals surface area (Å²) in [6.45, 7) is 11.2. The van der Waals surface area contributed by atoms with Crippen LogP contribution in [0.1, 0.15) is 51.4 Å². The number of nitrogens with zero attached hydrogens (tertiary/aromatic N) is 2. The Morgan fingerprint density at radius 3 is 2.65 bits per heavy atom. The van der Waals surface area contributed by atoms with Crippen molar-refractivity contribution >= 4 is 0 Å². The molecule has 0 amide bonds. The van der Waals surface area contributed by atoms with Crippen LogP contribution in [0.2, 0.25) is 0 Å². The molecule has 1 aromatic rings. The fraction of sp³-hybridized carbons (Fsp3) is 0.643. The highest BCUT2D eigenvalue weighted by atomic mass is 15.3. The van der Waals surface area contributed by atoms with E-state index in [2.05, 4.69) is 50.2 Å². The van der Waals surface area contributed by atoms with Crippen LogP contribution >= 0.6 is 0 Å². The van der Waals surface area contributed by atoms with Gasteiger partial charge in [0, 0.05) is 24.3 Å². The second-order valence-electron chi connectivity index (χ2n) is 5.00. The first-order chi connectivity index (χ1) is 7.91. The molecule has 0 saturated heterocycles. The molecule has 1 heterocycles. The van der Waals surface area contributed by atoms with Gasteiger partial charge >= 0.3 is 0 Å². The van der Waals surface area contributed by atoms with Gasteiger partial charge in [-0.1, -0.05) is 12.8 Å². The van der Waals surface area contributed by atoms with Gasteiger partial charge in [-0.15, -0.1) is 6.42 Å². The maximum atomic E-state index is 5.54. The lowest BCUT2D eigenvalue weighted by Gasteiger charge is -2.23. The van der Waals surface area contributed by atoms with Crippen molar-refractivity contribution in [2.75, 3.05) is 0 Å². The zero-order valence-corrected chi connectivity index (χ0v) is 11.5. The van der Waals surface area contributed by atoms with Crippen molar-refractivity contribution < 1.29 is 0 Å². The van der Waals surface area contributed by atoms with Gasteiger partial charge in [-0.05, 0) is 34.1 Å². The molecule has 0 bridgehead atoms. The van der Waals surface area contributed by atoms with Gasteiger partial charge in [0.05, 0.1) is 11.2 Å². The number of hydrogen-bond acceptors (Lipinski definition) is 2. The largest absolute Gasteiger partial charge is 0.297 e. The molecule has 1 N–H and O–H groups in total. The molecule has 17 heavy (non-hydrogen) atoms. The topological polar surface area (TPSA) is 29.9 Å². The van der Waals surface area contributed by atoms with Gasteiger partial charge in [-0.3, -0.25) is 10.00 Å². The van der Waals surface area contributed by atoms with Crippen molar-refractivity contribution in [2.45, 2.75) is 59.2 Å². The summed E-state index contributed by atoms with van der Waals surface area (Å²) in [6.07, 6.45) is 8.55. The molecule has 0 aliphatic rings. The quantitative estimate of drug-likeness (QED) is 0.792. The summed E-state index contributed by atoms with van der Waals surface area (Å²) in [5.74, 6) is 2.81. The second-order valence-corrected chi connectivity index (χ2v) is 5.00. The van der Waals surface area contributed by atoms with Gasteiger partial charge in [-0.25, -0.2) is 0 Å². The van der Waals surface area contributed by atoms with Gasteiger partial charge in [0.2, 0.25) is 0 Å². The fourth-order valence-electron chi connectivity index (χ4n) is 1.53. The van der Waals surface area contributed by atoms with Crippen LogP contribution in [0.4, 0.5) is 0 Å². The molecule has 1 unspecified atom stereocenters. The summed E-state index contributed by atoms with van der Waals surface area (Å²) in [4.78, 5) is 0. The third-order valence-corrected chi connectivity index (χ3v) is 3.24. The first-order valence-electron chi connectivity index (χ1n) is 6.19. The SMILES string of the molecule is C#CC(C)(CC)NCc1cn(C(C)C)nc1C. The highest BCUT2D eigenvalue weighted by molar-refractivity contribution is 5.18. The number of terminal acetylenes is 1. The molecule has 0 aromatic carbocycles. The Kier molecular flexibility index (Phi) is 4.36. The molecule has 0 fully saturated rings. The fourth-order valence-corrected chi connectivity index (χ4v) is 1.53. The van der Waals surface area contributed by atoms with Crippen molar-refractivity contribution in [2.24, 2.45) is 0 Å². The number of hydrogen-bond donors (Lipinski definition) is 1. The summed E-state index contributed by atoms with van der Waals surface area (Å²) in [5.41, 5.74) is 2.06. The van der Waals surface area contributed by atoms with Crippen LogP contribution in [-0.4, -0.2) is 15.3 Å². The molecule has 1 rings (SSSR count). The van der Waals surface area contributed by atoms with Gasteiger partial charge in [0.15, 0.2) is 0 Å².